The average Bonchev–Trinajstić information content (AvgIpc) is 2.30. The molecule has 98 valence electrons. The Hall–Kier alpha value is -1.82. The van der Waals surface area contributed by atoms with Crippen molar-refractivity contribution in [2.75, 3.05) is 18.4 Å². The smallest absolute Gasteiger partial charge is 0.321 e. The van der Waals surface area contributed by atoms with Crippen molar-refractivity contribution in [2.24, 2.45) is 0 Å². The molecule has 1 rings (SSSR count). The summed E-state index contributed by atoms with van der Waals surface area (Å²) in [6.07, 6.45) is 0. The molecule has 0 aromatic heterocycles. The van der Waals surface area contributed by atoms with Gasteiger partial charge in [0.05, 0.1) is 12.2 Å². The van der Waals surface area contributed by atoms with Crippen LogP contribution in [0.25, 0.3) is 0 Å². The van der Waals surface area contributed by atoms with E-state index in [1.165, 1.54) is 18.2 Å². The molecule has 0 atom stereocenters. The third kappa shape index (κ3) is 4.58. The number of benzene rings is 1. The largest absolute Gasteiger partial charge is 0.374 e. The summed E-state index contributed by atoms with van der Waals surface area (Å²) < 4.78 is 13.3. The highest BCUT2D eigenvalue weighted by Crippen LogP contribution is 2.18. The van der Waals surface area contributed by atoms with Gasteiger partial charge in [0.1, 0.15) is 5.82 Å². The van der Waals surface area contributed by atoms with Crippen molar-refractivity contribution < 1.29 is 14.0 Å². The van der Waals surface area contributed by atoms with Gasteiger partial charge in [0.15, 0.2) is 0 Å². The predicted octanol–water partition coefficient (Wildman–Crippen LogP) is 1.74. The monoisotopic (exact) mass is 273 g/mol. The van der Waals surface area contributed by atoms with Crippen LogP contribution in [-0.4, -0.2) is 25.0 Å². The number of nitrogens with one attached hydrogen (secondary N) is 3. The van der Waals surface area contributed by atoms with Gasteiger partial charge < -0.3 is 10.6 Å². The molecular formula is C11H13ClFN3O2. The Kier molecular flexibility index (Phi) is 5.38. The normalized spacial score (nSPS) is 9.72. The average molecular weight is 274 g/mol. The molecule has 18 heavy (non-hydrogen) atoms. The molecule has 0 bridgehead atoms. The van der Waals surface area contributed by atoms with E-state index in [0.29, 0.717) is 11.6 Å². The lowest BCUT2D eigenvalue weighted by molar-refractivity contribution is -0.118. The van der Waals surface area contributed by atoms with Crippen LogP contribution in [0, 0.1) is 5.82 Å². The Balaban J connectivity index is 2.47. The van der Waals surface area contributed by atoms with Crippen LogP contribution >= 0.6 is 11.6 Å². The lowest BCUT2D eigenvalue weighted by Crippen LogP contribution is -2.41. The van der Waals surface area contributed by atoms with E-state index >= 15 is 0 Å². The second-order valence-corrected chi connectivity index (χ2v) is 3.82. The zero-order valence-corrected chi connectivity index (χ0v) is 10.5. The van der Waals surface area contributed by atoms with Crippen molar-refractivity contribution in [1.82, 2.24) is 10.6 Å². The van der Waals surface area contributed by atoms with E-state index < -0.39 is 17.8 Å². The van der Waals surface area contributed by atoms with Crippen LogP contribution in [0.4, 0.5) is 14.9 Å². The highest BCUT2D eigenvalue weighted by Gasteiger charge is 2.08. The molecule has 0 radical (unpaired) electrons. The number of halogens is 2. The van der Waals surface area contributed by atoms with Crippen molar-refractivity contribution >= 4 is 29.2 Å². The van der Waals surface area contributed by atoms with Crippen LogP contribution in [-0.2, 0) is 4.79 Å². The second kappa shape index (κ2) is 6.80. The van der Waals surface area contributed by atoms with Crippen LogP contribution in [0.1, 0.15) is 6.92 Å². The molecule has 5 nitrogen and oxygen atoms in total. The van der Waals surface area contributed by atoms with Gasteiger partial charge in [-0.15, -0.1) is 0 Å². The number of carbonyl (C=O) groups is 2. The van der Waals surface area contributed by atoms with Gasteiger partial charge in [0, 0.05) is 11.6 Å². The predicted molar refractivity (Wildman–Crippen MR) is 67.1 cm³/mol. The van der Waals surface area contributed by atoms with Crippen LogP contribution < -0.4 is 16.0 Å². The molecule has 0 aliphatic heterocycles. The molecule has 7 heteroatoms. The second-order valence-electron chi connectivity index (χ2n) is 3.39. The molecule has 0 fully saturated rings. The van der Waals surface area contributed by atoms with Gasteiger partial charge in [-0.1, -0.05) is 11.6 Å². The van der Waals surface area contributed by atoms with Crippen molar-refractivity contribution in [3.8, 4) is 0 Å². The van der Waals surface area contributed by atoms with Crippen molar-refractivity contribution in [3.05, 3.63) is 29.0 Å². The molecule has 0 saturated heterocycles. The summed E-state index contributed by atoms with van der Waals surface area (Å²) in [5, 5.41) is 7.38. The highest BCUT2D eigenvalue weighted by atomic mass is 35.5. The maximum atomic E-state index is 13.3. The number of rotatable bonds is 4. The number of hydrogen-bond acceptors (Lipinski definition) is 3. The third-order valence-electron chi connectivity index (χ3n) is 1.96. The first kappa shape index (κ1) is 14.2. The third-order valence-corrected chi connectivity index (χ3v) is 2.19. The summed E-state index contributed by atoms with van der Waals surface area (Å²) in [5.41, 5.74) is 0.105. The van der Waals surface area contributed by atoms with Crippen LogP contribution in [0.3, 0.4) is 0 Å². The van der Waals surface area contributed by atoms with Gasteiger partial charge in [0.25, 0.3) is 0 Å². The van der Waals surface area contributed by atoms with Gasteiger partial charge >= 0.3 is 6.03 Å². The number of imide groups is 1. The zero-order chi connectivity index (χ0) is 13.5. The lowest BCUT2D eigenvalue weighted by Gasteiger charge is -2.08. The number of hydrogen-bond donors (Lipinski definition) is 3. The van der Waals surface area contributed by atoms with E-state index in [1.807, 2.05) is 0 Å². The van der Waals surface area contributed by atoms with Gasteiger partial charge in [-0.05, 0) is 25.1 Å². The molecule has 0 aliphatic rings. The number of urea groups is 1. The minimum atomic E-state index is -0.587. The zero-order valence-electron chi connectivity index (χ0n) is 9.72. The van der Waals surface area contributed by atoms with E-state index in [9.17, 15) is 14.0 Å². The Morgan fingerprint density at radius 3 is 2.78 bits per heavy atom. The van der Waals surface area contributed by atoms with Gasteiger partial charge in [-0.25, -0.2) is 9.18 Å². The van der Waals surface area contributed by atoms with E-state index in [-0.39, 0.29) is 12.2 Å². The first-order valence-corrected chi connectivity index (χ1v) is 5.67. The Labute approximate surface area is 109 Å². The first-order valence-electron chi connectivity index (χ1n) is 5.29. The molecule has 1 aromatic carbocycles. The number of amides is 3. The van der Waals surface area contributed by atoms with Gasteiger partial charge in [0.2, 0.25) is 5.91 Å². The molecule has 0 heterocycles. The molecule has 0 aliphatic carbocycles. The molecule has 1 aromatic rings. The molecule has 3 N–H and O–H groups in total. The standard InChI is InChI=1S/C11H13ClFN3O2/c1-2-14-11(18)16-10(17)6-15-9-5-7(12)3-4-8(9)13/h3-5,15H,2,6H2,1H3,(H2,14,16,17,18). The first-order chi connectivity index (χ1) is 8.52. The van der Waals surface area contributed by atoms with Crippen LogP contribution in [0.2, 0.25) is 5.02 Å². The van der Waals surface area contributed by atoms with Crippen molar-refractivity contribution in [3.63, 3.8) is 0 Å². The highest BCUT2D eigenvalue weighted by molar-refractivity contribution is 6.30. The molecule has 0 unspecified atom stereocenters. The SMILES string of the molecule is CCNC(=O)NC(=O)CNc1cc(Cl)ccc1F. The maximum Gasteiger partial charge on any atom is 0.321 e. The van der Waals surface area contributed by atoms with Crippen molar-refractivity contribution in [2.45, 2.75) is 6.92 Å². The Morgan fingerprint density at radius 1 is 1.39 bits per heavy atom. The maximum absolute atomic E-state index is 13.3. The summed E-state index contributed by atoms with van der Waals surface area (Å²) in [4.78, 5) is 22.3. The Bertz CT molecular complexity index is 454. The van der Waals surface area contributed by atoms with Crippen LogP contribution in [0.5, 0.6) is 0 Å². The topological polar surface area (TPSA) is 70.2 Å². The lowest BCUT2D eigenvalue weighted by atomic mass is 10.3. The van der Waals surface area contributed by atoms with Gasteiger partial charge in [-0.2, -0.15) is 0 Å². The number of anilines is 1. The molecule has 0 spiro atoms. The minimum absolute atomic E-state index is 0.105. The van der Waals surface area contributed by atoms with E-state index in [4.69, 9.17) is 11.6 Å². The van der Waals surface area contributed by atoms with E-state index in [2.05, 4.69) is 16.0 Å². The number of carbonyl (C=O) groups excluding carboxylic acids is 2. The summed E-state index contributed by atoms with van der Waals surface area (Å²) >= 11 is 5.69. The molecule has 0 saturated carbocycles. The molecule has 3 amide bonds. The quantitative estimate of drug-likeness (QED) is 0.782. The van der Waals surface area contributed by atoms with Crippen molar-refractivity contribution in [1.29, 1.82) is 0 Å². The van der Waals surface area contributed by atoms with E-state index in [0.717, 1.165) is 0 Å². The summed E-state index contributed by atoms with van der Waals surface area (Å²) in [6, 6.07) is 3.36. The summed E-state index contributed by atoms with van der Waals surface area (Å²) in [5.74, 6) is -1.09. The fourth-order valence-corrected chi connectivity index (χ4v) is 1.36. The summed E-state index contributed by atoms with van der Waals surface area (Å²) in [6.45, 7) is 1.91. The van der Waals surface area contributed by atoms with E-state index in [1.54, 1.807) is 6.92 Å². The van der Waals surface area contributed by atoms with Crippen LogP contribution in [0.15, 0.2) is 18.2 Å². The molecular weight excluding hydrogens is 261 g/mol. The van der Waals surface area contributed by atoms with Gasteiger partial charge in [-0.3, -0.25) is 10.1 Å². The fourth-order valence-electron chi connectivity index (χ4n) is 1.18. The fraction of sp³-hybridized carbons (Fsp3) is 0.273. The summed E-state index contributed by atoms with van der Waals surface area (Å²) in [7, 11) is 0. The Morgan fingerprint density at radius 2 is 2.11 bits per heavy atom. The minimum Gasteiger partial charge on any atom is -0.374 e.